The summed E-state index contributed by atoms with van der Waals surface area (Å²) in [6.07, 6.45) is 1.67. The van der Waals surface area contributed by atoms with Gasteiger partial charge < -0.3 is 15.1 Å². The maximum atomic E-state index is 13.5. The second-order valence-corrected chi connectivity index (χ2v) is 8.96. The first-order chi connectivity index (χ1) is 17.0. The van der Waals surface area contributed by atoms with E-state index in [0.29, 0.717) is 60.4 Å². The number of carbonyl (C=O) groups is 1. The summed E-state index contributed by atoms with van der Waals surface area (Å²) in [6, 6.07) is 18.7. The van der Waals surface area contributed by atoms with Gasteiger partial charge in [-0.25, -0.2) is 14.8 Å². The Bertz CT molecular complexity index is 1430. The van der Waals surface area contributed by atoms with Gasteiger partial charge in [-0.05, 0) is 42.3 Å². The number of nitrogens with zero attached hydrogens (tertiary/aromatic N) is 5. The van der Waals surface area contributed by atoms with Crippen LogP contribution >= 0.6 is 11.6 Å². The van der Waals surface area contributed by atoms with E-state index in [1.807, 2.05) is 60.4 Å². The number of nitrogens with one attached hydrogen (secondary N) is 1. The molecule has 8 nitrogen and oxygen atoms in total. The number of carbonyl (C=O) groups excluding carboxylic acids is 1. The molecule has 5 rings (SSSR count). The molecule has 2 aromatic heterocycles. The summed E-state index contributed by atoms with van der Waals surface area (Å²) >= 11 is 6.08. The highest BCUT2D eigenvalue weighted by Gasteiger charge is 2.25. The molecule has 9 heteroatoms. The normalized spacial score (nSPS) is 13.8. The fourth-order valence-electron chi connectivity index (χ4n) is 4.23. The maximum Gasteiger partial charge on any atom is 0.321 e. The molecule has 1 fully saturated rings. The summed E-state index contributed by atoms with van der Waals surface area (Å²) in [5.74, 6) is 0.382. The van der Waals surface area contributed by atoms with Crippen LogP contribution in [0.3, 0.4) is 0 Å². The minimum Gasteiger partial charge on any atom is -0.348 e. The fourth-order valence-corrected chi connectivity index (χ4v) is 4.40. The molecule has 1 saturated heterocycles. The second-order valence-electron chi connectivity index (χ2n) is 8.52. The van der Waals surface area contributed by atoms with Gasteiger partial charge in [-0.3, -0.25) is 9.36 Å². The van der Waals surface area contributed by atoms with Crippen LogP contribution in [-0.4, -0.2) is 51.6 Å². The van der Waals surface area contributed by atoms with E-state index in [0.717, 1.165) is 11.1 Å². The van der Waals surface area contributed by atoms with Crippen LogP contribution in [0.25, 0.3) is 11.2 Å². The average Bonchev–Trinajstić information content (AvgIpc) is 2.88. The number of aryl methyl sites for hydroxylation is 1. The van der Waals surface area contributed by atoms with Crippen LogP contribution in [0.1, 0.15) is 11.1 Å². The summed E-state index contributed by atoms with van der Waals surface area (Å²) in [4.78, 5) is 39.1. The lowest BCUT2D eigenvalue weighted by Crippen LogP contribution is -2.51. The highest BCUT2D eigenvalue weighted by Crippen LogP contribution is 2.21. The van der Waals surface area contributed by atoms with Gasteiger partial charge in [0.1, 0.15) is 5.52 Å². The molecule has 1 aliphatic rings. The van der Waals surface area contributed by atoms with E-state index >= 15 is 0 Å². The Kier molecular flexibility index (Phi) is 6.37. The molecule has 0 spiro atoms. The number of urea groups is 1. The number of pyridine rings is 1. The summed E-state index contributed by atoms with van der Waals surface area (Å²) in [5, 5.41) is 3.51. The SMILES string of the molecule is Cc1ccc(Cl)cc1NC(=O)N1CCN(c2nc3cccnc3n(Cc3ccccc3)c2=O)CC1. The Morgan fingerprint density at radius 2 is 1.80 bits per heavy atom. The zero-order valence-electron chi connectivity index (χ0n) is 19.3. The fraction of sp³-hybridized carbons (Fsp3) is 0.231. The van der Waals surface area contributed by atoms with Crippen molar-refractivity contribution in [1.29, 1.82) is 0 Å². The van der Waals surface area contributed by atoms with Crippen LogP contribution < -0.4 is 15.8 Å². The number of benzene rings is 2. The first-order valence-corrected chi connectivity index (χ1v) is 11.8. The number of rotatable bonds is 4. The third-order valence-electron chi connectivity index (χ3n) is 6.18. The quantitative estimate of drug-likeness (QED) is 0.466. The number of piperazine rings is 1. The molecule has 2 aromatic carbocycles. The van der Waals surface area contributed by atoms with Crippen molar-refractivity contribution < 1.29 is 4.79 Å². The lowest BCUT2D eigenvalue weighted by molar-refractivity contribution is 0.208. The summed E-state index contributed by atoms with van der Waals surface area (Å²) in [6.45, 7) is 4.27. The topological polar surface area (TPSA) is 83.4 Å². The van der Waals surface area contributed by atoms with Gasteiger partial charge in [0.25, 0.3) is 5.56 Å². The van der Waals surface area contributed by atoms with Gasteiger partial charge in [-0.15, -0.1) is 0 Å². The van der Waals surface area contributed by atoms with E-state index in [1.54, 1.807) is 27.8 Å². The average molecular weight is 489 g/mol. The van der Waals surface area contributed by atoms with Crippen molar-refractivity contribution in [3.05, 3.63) is 93.4 Å². The van der Waals surface area contributed by atoms with Crippen LogP contribution in [0.4, 0.5) is 16.3 Å². The molecule has 4 aromatic rings. The van der Waals surface area contributed by atoms with Crippen LogP contribution in [0.2, 0.25) is 5.02 Å². The number of hydrogen-bond donors (Lipinski definition) is 1. The predicted octanol–water partition coefficient (Wildman–Crippen LogP) is 4.16. The smallest absolute Gasteiger partial charge is 0.321 e. The number of halogens is 1. The van der Waals surface area contributed by atoms with E-state index < -0.39 is 0 Å². The van der Waals surface area contributed by atoms with Crippen molar-refractivity contribution in [3.63, 3.8) is 0 Å². The molecule has 2 amide bonds. The van der Waals surface area contributed by atoms with Crippen molar-refractivity contribution >= 4 is 40.3 Å². The zero-order valence-corrected chi connectivity index (χ0v) is 20.1. The van der Waals surface area contributed by atoms with E-state index in [9.17, 15) is 9.59 Å². The molecule has 0 bridgehead atoms. The van der Waals surface area contributed by atoms with Crippen LogP contribution in [0.15, 0.2) is 71.7 Å². The lowest BCUT2D eigenvalue weighted by atomic mass is 10.2. The number of fused-ring (bicyclic) bond motifs is 1. The zero-order chi connectivity index (χ0) is 24.4. The lowest BCUT2D eigenvalue weighted by Gasteiger charge is -2.35. The van der Waals surface area contributed by atoms with Crippen LogP contribution in [0.5, 0.6) is 0 Å². The van der Waals surface area contributed by atoms with E-state index in [1.165, 1.54) is 0 Å². The molecule has 3 heterocycles. The van der Waals surface area contributed by atoms with E-state index in [4.69, 9.17) is 11.6 Å². The van der Waals surface area contributed by atoms with Gasteiger partial charge >= 0.3 is 6.03 Å². The third kappa shape index (κ3) is 4.83. The minimum absolute atomic E-state index is 0.187. The number of amides is 2. The molecule has 35 heavy (non-hydrogen) atoms. The summed E-state index contributed by atoms with van der Waals surface area (Å²) in [5.41, 5.74) is 3.67. The van der Waals surface area contributed by atoms with Gasteiger partial charge in [0.05, 0.1) is 6.54 Å². The standard InChI is InChI=1S/C26H25ClN6O2/c1-18-9-10-20(27)16-22(18)30-26(35)32-14-12-31(13-15-32)24-25(34)33(17-19-6-3-2-4-7-19)23-21(29-24)8-5-11-28-23/h2-11,16H,12-15,17H2,1H3,(H,30,35). The van der Waals surface area contributed by atoms with Crippen molar-refractivity contribution in [2.45, 2.75) is 13.5 Å². The Labute approximate surface area is 207 Å². The molecule has 1 aliphatic heterocycles. The summed E-state index contributed by atoms with van der Waals surface area (Å²) in [7, 11) is 0. The van der Waals surface area contributed by atoms with Crippen molar-refractivity contribution in [2.24, 2.45) is 0 Å². The van der Waals surface area contributed by atoms with Gasteiger partial charge in [0.2, 0.25) is 0 Å². The first-order valence-electron chi connectivity index (χ1n) is 11.5. The molecule has 0 aliphatic carbocycles. The molecule has 0 radical (unpaired) electrons. The number of hydrogen-bond acceptors (Lipinski definition) is 5. The van der Waals surface area contributed by atoms with Crippen molar-refractivity contribution in [2.75, 3.05) is 36.4 Å². The van der Waals surface area contributed by atoms with Gasteiger partial charge in [0.15, 0.2) is 11.5 Å². The highest BCUT2D eigenvalue weighted by atomic mass is 35.5. The molecule has 0 unspecified atom stereocenters. The number of anilines is 2. The molecule has 178 valence electrons. The van der Waals surface area contributed by atoms with Crippen LogP contribution in [0, 0.1) is 6.92 Å². The molecule has 1 N–H and O–H groups in total. The highest BCUT2D eigenvalue weighted by molar-refractivity contribution is 6.31. The van der Waals surface area contributed by atoms with Crippen molar-refractivity contribution in [3.8, 4) is 0 Å². The third-order valence-corrected chi connectivity index (χ3v) is 6.41. The largest absolute Gasteiger partial charge is 0.348 e. The van der Waals surface area contributed by atoms with Crippen molar-refractivity contribution in [1.82, 2.24) is 19.4 Å². The number of aromatic nitrogens is 3. The molecule has 0 atom stereocenters. The Morgan fingerprint density at radius 3 is 2.57 bits per heavy atom. The first kappa shape index (κ1) is 22.9. The van der Waals surface area contributed by atoms with Gasteiger partial charge in [-0.2, -0.15) is 0 Å². The molecule has 0 saturated carbocycles. The Hall–Kier alpha value is -3.91. The van der Waals surface area contributed by atoms with Gasteiger partial charge in [0, 0.05) is 43.1 Å². The molecular formula is C26H25ClN6O2. The Balaban J connectivity index is 1.36. The second kappa shape index (κ2) is 9.76. The van der Waals surface area contributed by atoms with E-state index in [-0.39, 0.29) is 11.6 Å². The van der Waals surface area contributed by atoms with Gasteiger partial charge in [-0.1, -0.05) is 48.0 Å². The predicted molar refractivity (Wildman–Crippen MR) is 138 cm³/mol. The Morgan fingerprint density at radius 1 is 1.03 bits per heavy atom. The monoisotopic (exact) mass is 488 g/mol. The maximum absolute atomic E-state index is 13.5. The summed E-state index contributed by atoms with van der Waals surface area (Å²) < 4.78 is 1.67. The minimum atomic E-state index is -0.188. The van der Waals surface area contributed by atoms with E-state index in [2.05, 4.69) is 15.3 Å². The molecular weight excluding hydrogens is 464 g/mol. The van der Waals surface area contributed by atoms with Crippen LogP contribution in [-0.2, 0) is 6.54 Å².